The number of methoxy groups -OCH3 is 1. The molecule has 7 heteroatoms. The summed E-state index contributed by atoms with van der Waals surface area (Å²) in [6.07, 6.45) is 0.172. The van der Waals surface area contributed by atoms with Crippen LogP contribution in [0.25, 0.3) is 0 Å². The zero-order valence-electron chi connectivity index (χ0n) is 14.1. The van der Waals surface area contributed by atoms with E-state index in [1.165, 1.54) is 19.2 Å². The molecule has 1 aromatic carbocycles. The van der Waals surface area contributed by atoms with Crippen molar-refractivity contribution in [2.24, 2.45) is 12.0 Å². The second kappa shape index (κ2) is 7.08. The van der Waals surface area contributed by atoms with Gasteiger partial charge in [-0.05, 0) is 30.7 Å². The molecule has 1 heterocycles. The van der Waals surface area contributed by atoms with Crippen molar-refractivity contribution >= 4 is 17.4 Å². The number of rotatable bonds is 5. The van der Waals surface area contributed by atoms with Crippen LogP contribution in [0, 0.1) is 17.0 Å². The van der Waals surface area contributed by atoms with Gasteiger partial charge in [0.15, 0.2) is 0 Å². The topological polar surface area (TPSA) is 86.7 Å². The highest BCUT2D eigenvalue weighted by Gasteiger charge is 2.18. The molecule has 0 saturated heterocycles. The molecule has 0 unspecified atom stereocenters. The van der Waals surface area contributed by atoms with Crippen molar-refractivity contribution in [3.05, 3.63) is 63.0 Å². The molecule has 0 amide bonds. The summed E-state index contributed by atoms with van der Waals surface area (Å²) in [5.74, 6) is -0.313. The number of benzene rings is 1. The number of non-ortho nitro benzene ring substituents is 1. The molecule has 0 bridgehead atoms. The van der Waals surface area contributed by atoms with Crippen molar-refractivity contribution < 1.29 is 14.5 Å². The second-order valence-corrected chi connectivity index (χ2v) is 5.36. The lowest BCUT2D eigenvalue weighted by molar-refractivity contribution is -0.384. The van der Waals surface area contributed by atoms with Gasteiger partial charge in [-0.1, -0.05) is 0 Å². The summed E-state index contributed by atoms with van der Waals surface area (Å²) in [6, 6.07) is 8.17. The SMILES string of the molecule is CN=C(c1ccc([N+](=O)[O-])cc1)c1c(C)cc(CC(=O)OC)n1C. The van der Waals surface area contributed by atoms with Crippen LogP contribution in [0.1, 0.15) is 22.5 Å². The van der Waals surface area contributed by atoms with E-state index in [0.29, 0.717) is 5.71 Å². The highest BCUT2D eigenvalue weighted by atomic mass is 16.6. The van der Waals surface area contributed by atoms with E-state index in [-0.39, 0.29) is 18.1 Å². The molecule has 0 aliphatic rings. The Morgan fingerprint density at radius 1 is 1.33 bits per heavy atom. The van der Waals surface area contributed by atoms with Gasteiger partial charge >= 0.3 is 5.97 Å². The lowest BCUT2D eigenvalue weighted by Gasteiger charge is -2.11. The number of aromatic nitrogens is 1. The van der Waals surface area contributed by atoms with Gasteiger partial charge in [-0.15, -0.1) is 0 Å². The Bertz CT molecular complexity index is 804. The average molecular weight is 329 g/mol. The zero-order chi connectivity index (χ0) is 17.9. The van der Waals surface area contributed by atoms with Gasteiger partial charge in [0, 0.05) is 37.5 Å². The number of aliphatic imine (C=N–C) groups is 1. The number of hydrogen-bond acceptors (Lipinski definition) is 5. The second-order valence-electron chi connectivity index (χ2n) is 5.36. The van der Waals surface area contributed by atoms with Crippen LogP contribution >= 0.6 is 0 Å². The summed E-state index contributed by atoms with van der Waals surface area (Å²) in [7, 11) is 4.88. The molecular formula is C17H19N3O4. The third-order valence-electron chi connectivity index (χ3n) is 3.88. The maximum Gasteiger partial charge on any atom is 0.311 e. The van der Waals surface area contributed by atoms with Crippen molar-refractivity contribution in [2.75, 3.05) is 14.2 Å². The normalized spacial score (nSPS) is 11.4. The monoisotopic (exact) mass is 329 g/mol. The van der Waals surface area contributed by atoms with Crippen LogP contribution in [0.3, 0.4) is 0 Å². The minimum absolute atomic E-state index is 0.0317. The average Bonchev–Trinajstić information content (AvgIpc) is 2.83. The van der Waals surface area contributed by atoms with E-state index in [9.17, 15) is 14.9 Å². The maximum atomic E-state index is 11.5. The van der Waals surface area contributed by atoms with Crippen molar-refractivity contribution in [2.45, 2.75) is 13.3 Å². The van der Waals surface area contributed by atoms with Crippen LogP contribution in [0.4, 0.5) is 5.69 Å². The van der Waals surface area contributed by atoms with E-state index in [4.69, 9.17) is 4.74 Å². The predicted molar refractivity (Wildman–Crippen MR) is 90.5 cm³/mol. The minimum Gasteiger partial charge on any atom is -0.469 e. The number of nitro benzene ring substituents is 1. The Labute approximate surface area is 139 Å². The summed E-state index contributed by atoms with van der Waals surface area (Å²) < 4.78 is 6.62. The van der Waals surface area contributed by atoms with Gasteiger partial charge < -0.3 is 9.30 Å². The van der Waals surface area contributed by atoms with Gasteiger partial charge in [0.25, 0.3) is 5.69 Å². The number of nitro groups is 1. The fourth-order valence-corrected chi connectivity index (χ4v) is 2.67. The van der Waals surface area contributed by atoms with Gasteiger partial charge in [-0.2, -0.15) is 0 Å². The number of carbonyl (C=O) groups excluding carboxylic acids is 1. The summed E-state index contributed by atoms with van der Waals surface area (Å²) in [5, 5.41) is 10.8. The van der Waals surface area contributed by atoms with Crippen molar-refractivity contribution in [1.82, 2.24) is 4.57 Å². The number of hydrogen-bond donors (Lipinski definition) is 0. The highest BCUT2D eigenvalue weighted by molar-refractivity contribution is 6.13. The predicted octanol–water partition coefficient (Wildman–Crippen LogP) is 2.42. The molecule has 24 heavy (non-hydrogen) atoms. The Kier molecular flexibility index (Phi) is 5.13. The summed E-state index contributed by atoms with van der Waals surface area (Å²) in [5.41, 5.74) is 4.17. The van der Waals surface area contributed by atoms with E-state index in [2.05, 4.69) is 4.99 Å². The molecule has 0 N–H and O–H groups in total. The highest BCUT2D eigenvalue weighted by Crippen LogP contribution is 2.21. The molecule has 0 saturated carbocycles. The van der Waals surface area contributed by atoms with E-state index >= 15 is 0 Å². The smallest absolute Gasteiger partial charge is 0.311 e. The van der Waals surface area contributed by atoms with Gasteiger partial charge in [-0.25, -0.2) is 0 Å². The maximum absolute atomic E-state index is 11.5. The number of carbonyl (C=O) groups is 1. The van der Waals surface area contributed by atoms with Gasteiger partial charge in [-0.3, -0.25) is 19.9 Å². The lowest BCUT2D eigenvalue weighted by atomic mass is 10.0. The fraction of sp³-hybridized carbons (Fsp3) is 0.294. The Morgan fingerprint density at radius 3 is 2.46 bits per heavy atom. The van der Waals surface area contributed by atoms with Crippen LogP contribution in [0.15, 0.2) is 35.3 Å². The zero-order valence-corrected chi connectivity index (χ0v) is 14.1. The third kappa shape index (κ3) is 3.34. The summed E-state index contributed by atoms with van der Waals surface area (Å²) in [6.45, 7) is 1.94. The number of ether oxygens (including phenoxy) is 1. The molecule has 0 atom stereocenters. The third-order valence-corrected chi connectivity index (χ3v) is 3.88. The first-order chi connectivity index (χ1) is 11.4. The first kappa shape index (κ1) is 17.4. The first-order valence-corrected chi connectivity index (χ1v) is 7.33. The van der Waals surface area contributed by atoms with Crippen LogP contribution in [0.2, 0.25) is 0 Å². The quantitative estimate of drug-likeness (QED) is 0.365. The minimum atomic E-state index is -0.436. The molecule has 0 aliphatic heterocycles. The van der Waals surface area contributed by atoms with Gasteiger partial charge in [0.2, 0.25) is 0 Å². The molecule has 0 radical (unpaired) electrons. The standard InChI is InChI=1S/C17H19N3O4/c1-11-9-14(10-15(21)24-4)19(3)17(11)16(18-2)12-5-7-13(8-6-12)20(22)23/h5-9H,10H2,1-4H3. The van der Waals surface area contributed by atoms with Crippen LogP contribution in [-0.2, 0) is 23.0 Å². The van der Waals surface area contributed by atoms with Crippen LogP contribution in [-0.4, -0.2) is 35.3 Å². The van der Waals surface area contributed by atoms with Crippen LogP contribution < -0.4 is 0 Å². The molecule has 0 spiro atoms. The Hall–Kier alpha value is -2.96. The van der Waals surface area contributed by atoms with E-state index in [1.54, 1.807) is 19.2 Å². The van der Waals surface area contributed by atoms with Crippen molar-refractivity contribution in [3.63, 3.8) is 0 Å². The lowest BCUT2D eigenvalue weighted by Crippen LogP contribution is -2.14. The molecule has 126 valence electrons. The van der Waals surface area contributed by atoms with E-state index in [1.807, 2.05) is 24.6 Å². The molecule has 0 fully saturated rings. The largest absolute Gasteiger partial charge is 0.469 e. The van der Waals surface area contributed by atoms with Gasteiger partial charge in [0.05, 0.1) is 29.9 Å². The van der Waals surface area contributed by atoms with Gasteiger partial charge in [0.1, 0.15) is 0 Å². The molecule has 1 aromatic heterocycles. The number of esters is 1. The van der Waals surface area contributed by atoms with E-state index < -0.39 is 4.92 Å². The Morgan fingerprint density at radius 2 is 1.96 bits per heavy atom. The molecule has 0 aliphatic carbocycles. The summed E-state index contributed by atoms with van der Waals surface area (Å²) >= 11 is 0. The molecule has 2 aromatic rings. The first-order valence-electron chi connectivity index (χ1n) is 7.33. The van der Waals surface area contributed by atoms with E-state index in [0.717, 1.165) is 22.5 Å². The van der Waals surface area contributed by atoms with Crippen molar-refractivity contribution in [1.29, 1.82) is 0 Å². The number of aryl methyl sites for hydroxylation is 1. The molecule has 7 nitrogen and oxygen atoms in total. The molecular weight excluding hydrogens is 310 g/mol. The van der Waals surface area contributed by atoms with Crippen LogP contribution in [0.5, 0.6) is 0 Å². The number of nitrogens with zero attached hydrogens (tertiary/aromatic N) is 3. The van der Waals surface area contributed by atoms with Crippen molar-refractivity contribution in [3.8, 4) is 0 Å². The summed E-state index contributed by atoms with van der Waals surface area (Å²) in [4.78, 5) is 26.2. The fourth-order valence-electron chi connectivity index (χ4n) is 2.67. The Balaban J connectivity index is 2.44. The molecule has 2 rings (SSSR count).